The molecule has 1 saturated heterocycles. The third-order valence-electron chi connectivity index (χ3n) is 3.66. The highest BCUT2D eigenvalue weighted by molar-refractivity contribution is 5.76. The van der Waals surface area contributed by atoms with E-state index in [2.05, 4.69) is 24.3 Å². The number of carbonyl (C=O) groups is 1. The van der Waals surface area contributed by atoms with Crippen molar-refractivity contribution < 1.29 is 9.90 Å². The van der Waals surface area contributed by atoms with Gasteiger partial charge in [0.05, 0.1) is 6.61 Å². The number of likely N-dealkylation sites (tertiary alicyclic amines) is 1. The Bertz CT molecular complexity index is 369. The van der Waals surface area contributed by atoms with Crippen LogP contribution in [0.1, 0.15) is 24.8 Å². The largest absolute Gasteiger partial charge is 0.396 e. The van der Waals surface area contributed by atoms with Crippen LogP contribution in [-0.4, -0.2) is 35.6 Å². The van der Waals surface area contributed by atoms with Crippen molar-refractivity contribution in [2.75, 3.05) is 19.7 Å². The minimum Gasteiger partial charge on any atom is -0.396 e. The predicted molar refractivity (Wildman–Crippen MR) is 71.2 cm³/mol. The molecular formula is C15H21NO2. The summed E-state index contributed by atoms with van der Waals surface area (Å²) < 4.78 is 0. The zero-order valence-corrected chi connectivity index (χ0v) is 10.7. The predicted octanol–water partition coefficient (Wildman–Crippen LogP) is 1.85. The fourth-order valence-electron chi connectivity index (χ4n) is 2.59. The van der Waals surface area contributed by atoms with E-state index in [1.165, 1.54) is 5.56 Å². The lowest BCUT2D eigenvalue weighted by molar-refractivity contribution is -0.133. The van der Waals surface area contributed by atoms with Crippen LogP contribution in [0.2, 0.25) is 0 Å². The maximum absolute atomic E-state index is 11.6. The number of hydrogen-bond acceptors (Lipinski definition) is 2. The summed E-state index contributed by atoms with van der Waals surface area (Å²) in [5.41, 5.74) is 1.39. The molecule has 0 bridgehead atoms. The number of aliphatic hydroxyl groups excluding tert-OH is 1. The molecule has 1 aliphatic rings. The molecule has 1 fully saturated rings. The summed E-state index contributed by atoms with van der Waals surface area (Å²) in [4.78, 5) is 13.5. The number of aliphatic hydroxyl groups is 1. The zero-order valence-electron chi connectivity index (χ0n) is 10.7. The second-order valence-corrected chi connectivity index (χ2v) is 4.99. The first-order valence-electron chi connectivity index (χ1n) is 6.72. The van der Waals surface area contributed by atoms with Crippen LogP contribution in [-0.2, 0) is 11.2 Å². The highest BCUT2D eigenvalue weighted by Gasteiger charge is 2.22. The minimum atomic E-state index is -0.0389. The first kappa shape index (κ1) is 13.1. The molecule has 1 N–H and O–H groups in total. The Hall–Kier alpha value is -1.35. The molecule has 18 heavy (non-hydrogen) atoms. The summed E-state index contributed by atoms with van der Waals surface area (Å²) in [6, 6.07) is 10.5. The maximum Gasteiger partial charge on any atom is 0.224 e. The van der Waals surface area contributed by atoms with Gasteiger partial charge in [0.25, 0.3) is 0 Å². The average molecular weight is 247 g/mol. The van der Waals surface area contributed by atoms with Crippen molar-refractivity contribution in [3.63, 3.8) is 0 Å². The van der Waals surface area contributed by atoms with E-state index < -0.39 is 0 Å². The van der Waals surface area contributed by atoms with Gasteiger partial charge in [-0.2, -0.15) is 0 Å². The molecule has 98 valence electrons. The van der Waals surface area contributed by atoms with E-state index in [4.69, 9.17) is 5.11 Å². The van der Waals surface area contributed by atoms with Crippen molar-refractivity contribution in [2.24, 2.45) is 5.92 Å². The minimum absolute atomic E-state index is 0.0389. The van der Waals surface area contributed by atoms with E-state index in [-0.39, 0.29) is 18.9 Å². The van der Waals surface area contributed by atoms with Crippen molar-refractivity contribution in [3.8, 4) is 0 Å². The van der Waals surface area contributed by atoms with Crippen molar-refractivity contribution >= 4 is 5.91 Å². The van der Waals surface area contributed by atoms with Crippen LogP contribution in [0.3, 0.4) is 0 Å². The fraction of sp³-hybridized carbons (Fsp3) is 0.533. The topological polar surface area (TPSA) is 40.5 Å². The molecule has 0 saturated carbocycles. The van der Waals surface area contributed by atoms with Gasteiger partial charge in [-0.15, -0.1) is 0 Å². The Kier molecular flexibility index (Phi) is 4.76. The average Bonchev–Trinajstić information content (AvgIpc) is 2.41. The lowest BCUT2D eigenvalue weighted by Gasteiger charge is -2.32. The summed E-state index contributed by atoms with van der Waals surface area (Å²) in [6.07, 6.45) is 3.53. The number of benzene rings is 1. The number of piperidine rings is 1. The lowest BCUT2D eigenvalue weighted by Crippen LogP contribution is -2.39. The van der Waals surface area contributed by atoms with Gasteiger partial charge in [0, 0.05) is 19.5 Å². The molecular weight excluding hydrogens is 226 g/mol. The lowest BCUT2D eigenvalue weighted by atomic mass is 9.90. The number of rotatable bonds is 4. The summed E-state index contributed by atoms with van der Waals surface area (Å²) in [7, 11) is 0. The molecule has 1 heterocycles. The van der Waals surface area contributed by atoms with Gasteiger partial charge in [-0.05, 0) is 30.7 Å². The third kappa shape index (κ3) is 3.57. The molecule has 0 radical (unpaired) electrons. The zero-order chi connectivity index (χ0) is 12.8. The quantitative estimate of drug-likeness (QED) is 0.882. The molecule has 0 atom stereocenters. The van der Waals surface area contributed by atoms with Gasteiger partial charge in [-0.3, -0.25) is 4.79 Å². The van der Waals surface area contributed by atoms with Crippen LogP contribution < -0.4 is 0 Å². The van der Waals surface area contributed by atoms with E-state index in [0.29, 0.717) is 5.92 Å². The fourth-order valence-corrected chi connectivity index (χ4v) is 2.59. The van der Waals surface area contributed by atoms with E-state index in [1.54, 1.807) is 0 Å². The number of hydrogen-bond donors (Lipinski definition) is 1. The second-order valence-electron chi connectivity index (χ2n) is 4.99. The van der Waals surface area contributed by atoms with E-state index >= 15 is 0 Å². The number of carbonyl (C=O) groups excluding carboxylic acids is 1. The summed E-state index contributed by atoms with van der Waals surface area (Å²) >= 11 is 0. The maximum atomic E-state index is 11.6. The van der Waals surface area contributed by atoms with Gasteiger partial charge in [-0.25, -0.2) is 0 Å². The summed E-state index contributed by atoms with van der Waals surface area (Å²) in [6.45, 7) is 1.65. The van der Waals surface area contributed by atoms with Gasteiger partial charge >= 0.3 is 0 Å². The Morgan fingerprint density at radius 2 is 1.89 bits per heavy atom. The molecule has 1 aromatic carbocycles. The molecule has 0 spiro atoms. The van der Waals surface area contributed by atoms with E-state index in [0.717, 1.165) is 32.4 Å². The molecule has 3 heteroatoms. The van der Waals surface area contributed by atoms with Gasteiger partial charge in [-0.1, -0.05) is 30.3 Å². The SMILES string of the molecule is O=C(CCO)N1CCC(Cc2ccccc2)CC1. The monoisotopic (exact) mass is 247 g/mol. The van der Waals surface area contributed by atoms with Crippen LogP contribution >= 0.6 is 0 Å². The Balaban J connectivity index is 1.78. The van der Waals surface area contributed by atoms with Crippen LogP contribution in [0.5, 0.6) is 0 Å². The van der Waals surface area contributed by atoms with Crippen LogP contribution in [0.15, 0.2) is 30.3 Å². The normalized spacial score (nSPS) is 16.8. The van der Waals surface area contributed by atoms with Crippen LogP contribution in [0.4, 0.5) is 0 Å². The van der Waals surface area contributed by atoms with Crippen molar-refractivity contribution in [2.45, 2.75) is 25.7 Å². The molecule has 2 rings (SSSR count). The Labute approximate surface area is 108 Å². The molecule has 0 aromatic heterocycles. The molecule has 0 aliphatic carbocycles. The van der Waals surface area contributed by atoms with Crippen LogP contribution in [0, 0.1) is 5.92 Å². The summed E-state index contributed by atoms with van der Waals surface area (Å²) in [5, 5.41) is 8.77. The van der Waals surface area contributed by atoms with Crippen molar-refractivity contribution in [3.05, 3.63) is 35.9 Å². The third-order valence-corrected chi connectivity index (χ3v) is 3.66. The molecule has 1 aliphatic heterocycles. The Morgan fingerprint density at radius 3 is 2.50 bits per heavy atom. The summed E-state index contributed by atoms with van der Waals surface area (Å²) in [5.74, 6) is 0.779. The molecule has 1 amide bonds. The first-order chi connectivity index (χ1) is 8.79. The van der Waals surface area contributed by atoms with Gasteiger partial charge < -0.3 is 10.0 Å². The number of nitrogens with zero attached hydrogens (tertiary/aromatic N) is 1. The van der Waals surface area contributed by atoms with Crippen molar-refractivity contribution in [1.82, 2.24) is 4.90 Å². The Morgan fingerprint density at radius 1 is 1.22 bits per heavy atom. The molecule has 3 nitrogen and oxygen atoms in total. The molecule has 0 unspecified atom stereocenters. The number of amides is 1. The standard InChI is InChI=1S/C15H21NO2/c17-11-8-15(18)16-9-6-14(7-10-16)12-13-4-2-1-3-5-13/h1-5,14,17H,6-12H2. The highest BCUT2D eigenvalue weighted by Crippen LogP contribution is 2.21. The highest BCUT2D eigenvalue weighted by atomic mass is 16.3. The van der Waals surface area contributed by atoms with E-state index in [9.17, 15) is 4.79 Å². The smallest absolute Gasteiger partial charge is 0.224 e. The van der Waals surface area contributed by atoms with Gasteiger partial charge in [0.15, 0.2) is 0 Å². The van der Waals surface area contributed by atoms with Crippen LogP contribution in [0.25, 0.3) is 0 Å². The van der Waals surface area contributed by atoms with Gasteiger partial charge in [0.2, 0.25) is 5.91 Å². The first-order valence-corrected chi connectivity index (χ1v) is 6.72. The van der Waals surface area contributed by atoms with E-state index in [1.807, 2.05) is 11.0 Å². The van der Waals surface area contributed by atoms with Crippen molar-refractivity contribution in [1.29, 1.82) is 0 Å². The second kappa shape index (κ2) is 6.55. The van der Waals surface area contributed by atoms with Gasteiger partial charge in [0.1, 0.15) is 0 Å². The molecule has 1 aromatic rings.